The Kier molecular flexibility index (Phi) is 4.88. The number of benzene rings is 2. The summed E-state index contributed by atoms with van der Waals surface area (Å²) in [6, 6.07) is 15.3. The number of tetrazole rings is 1. The van der Waals surface area contributed by atoms with Gasteiger partial charge in [-0.15, -0.1) is 5.10 Å². The molecule has 0 radical (unpaired) electrons. The second kappa shape index (κ2) is 7.06. The van der Waals surface area contributed by atoms with E-state index in [1.54, 1.807) is 10.7 Å². The van der Waals surface area contributed by atoms with Gasteiger partial charge in [-0.2, -0.15) is 4.68 Å². The Morgan fingerprint density at radius 1 is 1.17 bits per heavy atom. The van der Waals surface area contributed by atoms with Crippen LogP contribution in [0.25, 0.3) is 5.69 Å². The van der Waals surface area contributed by atoms with Crippen LogP contribution in [0.3, 0.4) is 0 Å². The molecule has 3 aromatic rings. The molecule has 2 aromatic carbocycles. The summed E-state index contributed by atoms with van der Waals surface area (Å²) in [5.41, 5.74) is 2.70. The van der Waals surface area contributed by atoms with Crippen LogP contribution in [-0.2, 0) is 0 Å². The molecular formula is C16H13BrN4OS. The van der Waals surface area contributed by atoms with Gasteiger partial charge in [-0.3, -0.25) is 4.79 Å². The lowest BCUT2D eigenvalue weighted by Gasteiger charge is -2.05. The predicted octanol–water partition coefficient (Wildman–Crippen LogP) is 3.71. The van der Waals surface area contributed by atoms with E-state index < -0.39 is 0 Å². The van der Waals surface area contributed by atoms with Gasteiger partial charge in [0.2, 0.25) is 5.16 Å². The summed E-state index contributed by atoms with van der Waals surface area (Å²) in [5, 5.41) is 12.3. The van der Waals surface area contributed by atoms with Crippen LogP contribution in [0.5, 0.6) is 0 Å². The van der Waals surface area contributed by atoms with Crippen molar-refractivity contribution in [2.75, 3.05) is 5.75 Å². The molecule has 0 atom stereocenters. The molecule has 0 amide bonds. The lowest BCUT2D eigenvalue weighted by molar-refractivity contribution is 0.102. The first-order valence-electron chi connectivity index (χ1n) is 6.91. The number of ketones is 1. The molecule has 3 rings (SSSR count). The Hall–Kier alpha value is -1.99. The first-order chi connectivity index (χ1) is 11.1. The number of aryl methyl sites for hydroxylation is 1. The Balaban J connectivity index is 1.75. The van der Waals surface area contributed by atoms with E-state index in [0.29, 0.717) is 10.7 Å². The van der Waals surface area contributed by atoms with Crippen LogP contribution in [0.4, 0.5) is 0 Å². The average Bonchev–Trinajstić information content (AvgIpc) is 3.02. The SMILES string of the molecule is Cc1ccc(-n2nnnc2SCC(=O)c2ccccc2Br)cc1. The third-order valence-corrected chi connectivity index (χ3v) is 4.84. The van der Waals surface area contributed by atoms with E-state index in [1.165, 1.54) is 17.3 Å². The van der Waals surface area contributed by atoms with Crippen molar-refractivity contribution < 1.29 is 4.79 Å². The van der Waals surface area contributed by atoms with Crippen molar-refractivity contribution in [2.45, 2.75) is 12.1 Å². The molecule has 0 aliphatic heterocycles. The van der Waals surface area contributed by atoms with Gasteiger partial charge < -0.3 is 0 Å². The number of hydrogen-bond acceptors (Lipinski definition) is 5. The molecule has 1 heterocycles. The van der Waals surface area contributed by atoms with Crippen molar-refractivity contribution in [2.24, 2.45) is 0 Å². The Morgan fingerprint density at radius 3 is 2.65 bits per heavy atom. The summed E-state index contributed by atoms with van der Waals surface area (Å²) in [6.07, 6.45) is 0. The zero-order valence-corrected chi connectivity index (χ0v) is 14.7. The van der Waals surface area contributed by atoms with E-state index >= 15 is 0 Å². The molecule has 0 spiro atoms. The van der Waals surface area contributed by atoms with Crippen LogP contribution in [0, 0.1) is 6.92 Å². The standard InChI is InChI=1S/C16H13BrN4OS/c1-11-6-8-12(9-7-11)21-16(18-19-20-21)23-10-15(22)13-4-2-3-5-14(13)17/h2-9H,10H2,1H3. The molecule has 0 N–H and O–H groups in total. The zero-order valence-electron chi connectivity index (χ0n) is 12.3. The van der Waals surface area contributed by atoms with Gasteiger partial charge in [0.05, 0.1) is 11.4 Å². The second-order valence-electron chi connectivity index (χ2n) is 4.90. The lowest BCUT2D eigenvalue weighted by atomic mass is 10.1. The molecule has 0 fully saturated rings. The minimum atomic E-state index is 0.0286. The van der Waals surface area contributed by atoms with Crippen LogP contribution in [-0.4, -0.2) is 31.7 Å². The highest BCUT2D eigenvalue weighted by Crippen LogP contribution is 2.22. The van der Waals surface area contributed by atoms with E-state index in [4.69, 9.17) is 0 Å². The minimum Gasteiger partial charge on any atom is -0.293 e. The monoisotopic (exact) mass is 388 g/mol. The Bertz CT molecular complexity index is 832. The van der Waals surface area contributed by atoms with E-state index in [0.717, 1.165) is 10.2 Å². The van der Waals surface area contributed by atoms with Gasteiger partial charge in [-0.1, -0.05) is 63.6 Å². The number of carbonyl (C=O) groups excluding carboxylic acids is 1. The summed E-state index contributed by atoms with van der Waals surface area (Å²) in [7, 11) is 0. The van der Waals surface area contributed by atoms with Crippen LogP contribution in [0.15, 0.2) is 58.2 Å². The molecule has 0 aliphatic rings. The van der Waals surface area contributed by atoms with Gasteiger partial charge in [0.1, 0.15) is 0 Å². The molecule has 0 saturated carbocycles. The normalized spacial score (nSPS) is 10.7. The summed E-state index contributed by atoms with van der Waals surface area (Å²) in [5.74, 6) is 0.301. The van der Waals surface area contributed by atoms with Crippen molar-refractivity contribution >= 4 is 33.5 Å². The summed E-state index contributed by atoms with van der Waals surface area (Å²) < 4.78 is 2.43. The molecule has 23 heavy (non-hydrogen) atoms. The highest BCUT2D eigenvalue weighted by molar-refractivity contribution is 9.10. The number of carbonyl (C=O) groups is 1. The zero-order chi connectivity index (χ0) is 16.2. The van der Waals surface area contributed by atoms with E-state index in [-0.39, 0.29) is 11.5 Å². The second-order valence-corrected chi connectivity index (χ2v) is 6.70. The van der Waals surface area contributed by atoms with Gasteiger partial charge in [-0.05, 0) is 35.5 Å². The largest absolute Gasteiger partial charge is 0.293 e. The van der Waals surface area contributed by atoms with Crippen molar-refractivity contribution in [3.05, 3.63) is 64.1 Å². The number of aromatic nitrogens is 4. The van der Waals surface area contributed by atoms with Crippen LogP contribution in [0.1, 0.15) is 15.9 Å². The molecule has 5 nitrogen and oxygen atoms in total. The fraction of sp³-hybridized carbons (Fsp3) is 0.125. The third kappa shape index (κ3) is 3.68. The maximum atomic E-state index is 12.3. The molecule has 1 aromatic heterocycles. The van der Waals surface area contributed by atoms with Crippen LogP contribution < -0.4 is 0 Å². The fourth-order valence-corrected chi connectivity index (χ4v) is 3.29. The average molecular weight is 389 g/mol. The maximum absolute atomic E-state index is 12.3. The molecule has 0 bridgehead atoms. The number of hydrogen-bond donors (Lipinski definition) is 0. The van der Waals surface area contributed by atoms with E-state index in [2.05, 4.69) is 31.5 Å². The summed E-state index contributed by atoms with van der Waals surface area (Å²) >= 11 is 4.72. The van der Waals surface area contributed by atoms with Crippen LogP contribution in [0.2, 0.25) is 0 Å². The highest BCUT2D eigenvalue weighted by atomic mass is 79.9. The third-order valence-electron chi connectivity index (χ3n) is 3.23. The van der Waals surface area contributed by atoms with E-state index in [9.17, 15) is 4.79 Å². The molecular weight excluding hydrogens is 376 g/mol. The quantitative estimate of drug-likeness (QED) is 0.492. The number of thioether (sulfide) groups is 1. The lowest BCUT2D eigenvalue weighted by Crippen LogP contribution is -2.05. The molecule has 0 aliphatic carbocycles. The molecule has 7 heteroatoms. The van der Waals surface area contributed by atoms with Gasteiger partial charge >= 0.3 is 0 Å². The van der Waals surface area contributed by atoms with Crippen molar-refractivity contribution in [3.63, 3.8) is 0 Å². The smallest absolute Gasteiger partial charge is 0.214 e. The van der Waals surface area contributed by atoms with Gasteiger partial charge in [0.25, 0.3) is 0 Å². The summed E-state index contributed by atoms with van der Waals surface area (Å²) in [6.45, 7) is 2.02. The first-order valence-corrected chi connectivity index (χ1v) is 8.69. The predicted molar refractivity (Wildman–Crippen MR) is 93.1 cm³/mol. The number of Topliss-reactive ketones (excluding diaryl/α,β-unsaturated/α-hetero) is 1. The van der Waals surface area contributed by atoms with E-state index in [1.807, 2.05) is 49.4 Å². The molecule has 116 valence electrons. The first kappa shape index (κ1) is 15.9. The van der Waals surface area contributed by atoms with Crippen LogP contribution >= 0.6 is 27.7 Å². The molecule has 0 unspecified atom stereocenters. The van der Waals surface area contributed by atoms with Crippen molar-refractivity contribution in [1.29, 1.82) is 0 Å². The van der Waals surface area contributed by atoms with Gasteiger partial charge in [0.15, 0.2) is 5.78 Å². The Labute approximate surface area is 146 Å². The van der Waals surface area contributed by atoms with Crippen molar-refractivity contribution in [1.82, 2.24) is 20.2 Å². The number of rotatable bonds is 5. The maximum Gasteiger partial charge on any atom is 0.214 e. The number of halogens is 1. The fourth-order valence-electron chi connectivity index (χ4n) is 2.01. The number of nitrogens with zero attached hydrogens (tertiary/aromatic N) is 4. The van der Waals surface area contributed by atoms with Crippen molar-refractivity contribution in [3.8, 4) is 5.69 Å². The van der Waals surface area contributed by atoms with Gasteiger partial charge in [0, 0.05) is 10.0 Å². The Morgan fingerprint density at radius 2 is 1.91 bits per heavy atom. The summed E-state index contributed by atoms with van der Waals surface area (Å²) in [4.78, 5) is 12.3. The van der Waals surface area contributed by atoms with Gasteiger partial charge in [-0.25, -0.2) is 0 Å². The topological polar surface area (TPSA) is 60.7 Å². The minimum absolute atomic E-state index is 0.0286. The molecule has 0 saturated heterocycles. The highest BCUT2D eigenvalue weighted by Gasteiger charge is 2.14.